The van der Waals surface area contributed by atoms with E-state index >= 15 is 0 Å². The van der Waals surface area contributed by atoms with Crippen LogP contribution in [0, 0.1) is 6.92 Å². The summed E-state index contributed by atoms with van der Waals surface area (Å²) in [4.78, 5) is 25.6. The first-order valence-electron chi connectivity index (χ1n) is 12.1. The van der Waals surface area contributed by atoms with Gasteiger partial charge in [-0.05, 0) is 31.2 Å². The molecule has 4 aromatic rings. The number of ether oxygens (including phenoxy) is 1. The van der Waals surface area contributed by atoms with Crippen molar-refractivity contribution in [2.75, 3.05) is 31.6 Å². The Hall–Kier alpha value is -3.95. The number of hydrogen-bond acceptors (Lipinski definition) is 6. The van der Waals surface area contributed by atoms with Crippen LogP contribution in [0.2, 0.25) is 0 Å². The number of hydrogen-bond donors (Lipinski definition) is 0. The number of aromatic nitrogens is 3. The molecule has 0 bridgehead atoms. The average Bonchev–Trinajstić information content (AvgIpc) is 3.48. The number of alkyl halides is 2. The van der Waals surface area contributed by atoms with Crippen molar-refractivity contribution < 1.29 is 22.7 Å². The fraction of sp³-hybridized carbons (Fsp3) is 0.370. The summed E-state index contributed by atoms with van der Waals surface area (Å²) in [6.07, 6.45) is 3.21. The zero-order valence-electron chi connectivity index (χ0n) is 21.2. The standard InChI is InChI=1S/C27H29F2N5O3/c1-17-14-32(26(35)15-33-16-31-22-11-19(27(3,28)29)5-8-23(22)33)9-10-34(17)20-6-7-21(24(12-20)36-4)25-13-30-18(2)37-25/h5-8,11-13,16-17H,9-10,14-15H2,1-4H3. The quantitative estimate of drug-likeness (QED) is 0.370. The van der Waals surface area contributed by atoms with E-state index in [1.165, 1.54) is 18.5 Å². The largest absolute Gasteiger partial charge is 0.496 e. The van der Waals surface area contributed by atoms with Crippen LogP contribution in [0.25, 0.3) is 22.4 Å². The maximum Gasteiger partial charge on any atom is 0.270 e. The van der Waals surface area contributed by atoms with E-state index in [0.717, 1.165) is 18.2 Å². The summed E-state index contributed by atoms with van der Waals surface area (Å²) in [5, 5.41) is 0. The van der Waals surface area contributed by atoms with Gasteiger partial charge in [-0.25, -0.2) is 18.7 Å². The Balaban J connectivity index is 1.27. The minimum absolute atomic E-state index is 0.0377. The summed E-state index contributed by atoms with van der Waals surface area (Å²) >= 11 is 0. The molecule has 0 radical (unpaired) electrons. The smallest absolute Gasteiger partial charge is 0.270 e. The molecule has 1 aliphatic rings. The Morgan fingerprint density at radius 3 is 2.68 bits per heavy atom. The molecule has 1 saturated heterocycles. The summed E-state index contributed by atoms with van der Waals surface area (Å²) in [6.45, 7) is 6.62. The van der Waals surface area contributed by atoms with Gasteiger partial charge in [0, 0.05) is 56.8 Å². The third kappa shape index (κ3) is 4.87. The number of carbonyl (C=O) groups excluding carboxylic acids is 1. The molecule has 1 unspecified atom stereocenters. The molecule has 2 aromatic carbocycles. The minimum atomic E-state index is -2.94. The van der Waals surface area contributed by atoms with Crippen LogP contribution in [0.3, 0.4) is 0 Å². The molecular weight excluding hydrogens is 480 g/mol. The molecular formula is C27H29F2N5O3. The summed E-state index contributed by atoms with van der Waals surface area (Å²) in [6, 6.07) is 10.4. The first-order valence-corrected chi connectivity index (χ1v) is 12.1. The highest BCUT2D eigenvalue weighted by Crippen LogP contribution is 2.35. The second-order valence-corrected chi connectivity index (χ2v) is 9.47. The van der Waals surface area contributed by atoms with E-state index in [2.05, 4.69) is 21.8 Å². The maximum atomic E-state index is 13.7. The van der Waals surface area contributed by atoms with Crippen LogP contribution in [0.15, 0.2) is 53.3 Å². The maximum absolute atomic E-state index is 13.7. The molecule has 1 fully saturated rings. The van der Waals surface area contributed by atoms with Gasteiger partial charge in [0.25, 0.3) is 5.92 Å². The molecule has 1 amide bonds. The van der Waals surface area contributed by atoms with Crippen molar-refractivity contribution >= 4 is 22.6 Å². The number of imidazole rings is 1. The number of aryl methyl sites for hydroxylation is 1. The van der Waals surface area contributed by atoms with E-state index in [4.69, 9.17) is 9.15 Å². The lowest BCUT2D eigenvalue weighted by molar-refractivity contribution is -0.132. The van der Waals surface area contributed by atoms with E-state index in [1.54, 1.807) is 30.9 Å². The van der Waals surface area contributed by atoms with Crippen molar-refractivity contribution in [1.82, 2.24) is 19.4 Å². The van der Waals surface area contributed by atoms with Crippen LogP contribution in [-0.2, 0) is 17.3 Å². The van der Waals surface area contributed by atoms with Gasteiger partial charge in [0.2, 0.25) is 5.91 Å². The van der Waals surface area contributed by atoms with Crippen molar-refractivity contribution in [2.45, 2.75) is 39.3 Å². The van der Waals surface area contributed by atoms with Gasteiger partial charge in [-0.15, -0.1) is 0 Å². The summed E-state index contributed by atoms with van der Waals surface area (Å²) in [5.41, 5.74) is 2.84. The predicted octanol–water partition coefficient (Wildman–Crippen LogP) is 4.86. The number of nitrogens with zero attached hydrogens (tertiary/aromatic N) is 5. The molecule has 2 aromatic heterocycles. The van der Waals surface area contributed by atoms with Crippen molar-refractivity contribution in [2.24, 2.45) is 0 Å². The van der Waals surface area contributed by atoms with Crippen molar-refractivity contribution in [3.63, 3.8) is 0 Å². The van der Waals surface area contributed by atoms with Crippen LogP contribution in [0.1, 0.15) is 25.3 Å². The fourth-order valence-corrected chi connectivity index (χ4v) is 4.82. The Kier molecular flexibility index (Phi) is 6.35. The van der Waals surface area contributed by atoms with Crippen LogP contribution in [0.5, 0.6) is 5.75 Å². The lowest BCUT2D eigenvalue weighted by Crippen LogP contribution is -2.54. The molecule has 10 heteroatoms. The van der Waals surface area contributed by atoms with Crippen molar-refractivity contribution in [3.05, 3.63) is 60.4 Å². The zero-order valence-corrected chi connectivity index (χ0v) is 21.2. The van der Waals surface area contributed by atoms with Crippen LogP contribution in [0.4, 0.5) is 14.5 Å². The van der Waals surface area contributed by atoms with Crippen LogP contribution < -0.4 is 9.64 Å². The molecule has 3 heterocycles. The Bertz CT molecular complexity index is 1440. The first kappa shape index (κ1) is 24.7. The number of halogens is 2. The fourth-order valence-electron chi connectivity index (χ4n) is 4.82. The number of amides is 1. The van der Waals surface area contributed by atoms with Gasteiger partial charge in [0.1, 0.15) is 12.3 Å². The molecule has 1 atom stereocenters. The van der Waals surface area contributed by atoms with E-state index in [1.807, 2.05) is 23.1 Å². The lowest BCUT2D eigenvalue weighted by Gasteiger charge is -2.41. The van der Waals surface area contributed by atoms with Crippen molar-refractivity contribution in [1.29, 1.82) is 0 Å². The van der Waals surface area contributed by atoms with Gasteiger partial charge < -0.3 is 23.5 Å². The predicted molar refractivity (Wildman–Crippen MR) is 136 cm³/mol. The van der Waals surface area contributed by atoms with Crippen molar-refractivity contribution in [3.8, 4) is 17.1 Å². The summed E-state index contributed by atoms with van der Waals surface area (Å²) < 4.78 is 40.3. The number of oxazole rings is 1. The topological polar surface area (TPSA) is 76.6 Å². The van der Waals surface area contributed by atoms with Crippen LogP contribution >= 0.6 is 0 Å². The molecule has 0 N–H and O–H groups in total. The molecule has 194 valence electrons. The number of anilines is 1. The monoisotopic (exact) mass is 509 g/mol. The molecule has 0 saturated carbocycles. The molecule has 1 aliphatic heterocycles. The third-order valence-corrected chi connectivity index (χ3v) is 6.82. The second-order valence-electron chi connectivity index (χ2n) is 9.47. The molecule has 0 spiro atoms. The summed E-state index contributed by atoms with van der Waals surface area (Å²) in [7, 11) is 1.63. The number of fused-ring (bicyclic) bond motifs is 1. The van der Waals surface area contributed by atoms with E-state index < -0.39 is 5.92 Å². The van der Waals surface area contributed by atoms with Gasteiger partial charge in [0.15, 0.2) is 11.7 Å². The first-order chi connectivity index (χ1) is 17.6. The lowest BCUT2D eigenvalue weighted by atomic mass is 10.1. The molecule has 5 rings (SSSR count). The molecule has 37 heavy (non-hydrogen) atoms. The Labute approximate surface area is 213 Å². The highest BCUT2D eigenvalue weighted by molar-refractivity contribution is 5.81. The number of piperazine rings is 1. The average molecular weight is 510 g/mol. The van der Waals surface area contributed by atoms with Crippen LogP contribution in [-0.4, -0.2) is 58.1 Å². The minimum Gasteiger partial charge on any atom is -0.496 e. The number of methoxy groups -OCH3 is 1. The van der Waals surface area contributed by atoms with Gasteiger partial charge in [-0.3, -0.25) is 4.79 Å². The normalized spacial score (nSPS) is 16.4. The second kappa shape index (κ2) is 9.49. The van der Waals surface area contributed by atoms with Gasteiger partial charge >= 0.3 is 0 Å². The SMILES string of the molecule is COc1cc(N2CCN(C(=O)Cn3cnc4cc(C(C)(F)F)ccc43)CC2C)ccc1-c1cnc(C)o1. The number of rotatable bonds is 6. The molecule has 0 aliphatic carbocycles. The van der Waals surface area contributed by atoms with E-state index in [9.17, 15) is 13.6 Å². The third-order valence-electron chi connectivity index (χ3n) is 6.82. The highest BCUT2D eigenvalue weighted by atomic mass is 19.3. The Morgan fingerprint density at radius 1 is 1.19 bits per heavy atom. The Morgan fingerprint density at radius 2 is 2.00 bits per heavy atom. The summed E-state index contributed by atoms with van der Waals surface area (Å²) in [5.74, 6) is -1.05. The van der Waals surface area contributed by atoms with E-state index in [-0.39, 0.29) is 24.1 Å². The van der Waals surface area contributed by atoms with Gasteiger partial charge in [-0.2, -0.15) is 0 Å². The van der Waals surface area contributed by atoms with Gasteiger partial charge in [-0.1, -0.05) is 6.07 Å². The molecule has 8 nitrogen and oxygen atoms in total. The van der Waals surface area contributed by atoms with E-state index in [0.29, 0.717) is 48.1 Å². The van der Waals surface area contributed by atoms with Gasteiger partial charge in [0.05, 0.1) is 36.2 Å². The number of benzene rings is 2. The number of carbonyl (C=O) groups is 1. The zero-order chi connectivity index (χ0) is 26.3. The highest BCUT2D eigenvalue weighted by Gasteiger charge is 2.29.